The van der Waals surface area contributed by atoms with Crippen LogP contribution in [0.3, 0.4) is 0 Å². The van der Waals surface area contributed by atoms with Crippen molar-refractivity contribution < 1.29 is 14.3 Å². The Kier molecular flexibility index (Phi) is 4.42. The van der Waals surface area contributed by atoms with Gasteiger partial charge in [-0.05, 0) is 49.4 Å². The monoisotopic (exact) mass is 394 g/mol. The maximum atomic E-state index is 12.8. The Balaban J connectivity index is 1.44. The van der Waals surface area contributed by atoms with Crippen molar-refractivity contribution in [2.45, 2.75) is 38.2 Å². The summed E-state index contributed by atoms with van der Waals surface area (Å²) in [5.41, 5.74) is 8.67. The molecule has 2 N–H and O–H groups in total. The van der Waals surface area contributed by atoms with Crippen molar-refractivity contribution in [3.8, 4) is 17.0 Å². The highest BCUT2D eigenvalue weighted by Gasteiger charge is 2.29. The van der Waals surface area contributed by atoms with Crippen LogP contribution in [0.2, 0.25) is 0 Å². The first-order chi connectivity index (χ1) is 14.2. The van der Waals surface area contributed by atoms with Crippen LogP contribution in [-0.2, 0) is 4.74 Å². The minimum atomic E-state index is -0.332. The second-order valence-electron chi connectivity index (χ2n) is 7.38. The van der Waals surface area contributed by atoms with Crippen LogP contribution in [0, 0.1) is 0 Å². The molecule has 2 aliphatic rings. The van der Waals surface area contributed by atoms with Crippen molar-refractivity contribution in [3.05, 3.63) is 30.6 Å². The van der Waals surface area contributed by atoms with E-state index in [9.17, 15) is 4.79 Å². The number of pyridine rings is 2. The van der Waals surface area contributed by atoms with Crippen molar-refractivity contribution in [1.82, 2.24) is 19.6 Å². The quantitative estimate of drug-likeness (QED) is 0.712. The lowest BCUT2D eigenvalue weighted by Gasteiger charge is -2.31. The van der Waals surface area contributed by atoms with Crippen LogP contribution in [0.4, 0.5) is 16.4 Å². The summed E-state index contributed by atoms with van der Waals surface area (Å²) < 4.78 is 13.0. The number of nitrogens with zero attached hydrogens (tertiary/aromatic N) is 5. The molecule has 0 unspecified atom stereocenters. The summed E-state index contributed by atoms with van der Waals surface area (Å²) in [7, 11) is 0. The van der Waals surface area contributed by atoms with Gasteiger partial charge >= 0.3 is 6.09 Å². The predicted octanol–water partition coefficient (Wildman–Crippen LogP) is 3.04. The number of nitrogen functional groups attached to an aromatic ring is 1. The van der Waals surface area contributed by atoms with Gasteiger partial charge in [-0.2, -0.15) is 4.98 Å². The second kappa shape index (κ2) is 7.23. The van der Waals surface area contributed by atoms with Crippen LogP contribution >= 0.6 is 0 Å². The minimum absolute atomic E-state index is 0.000470. The second-order valence-corrected chi connectivity index (χ2v) is 7.38. The van der Waals surface area contributed by atoms with Gasteiger partial charge in [0, 0.05) is 18.0 Å². The maximum absolute atomic E-state index is 12.8. The van der Waals surface area contributed by atoms with Gasteiger partial charge in [0.2, 0.25) is 11.8 Å². The van der Waals surface area contributed by atoms with E-state index in [4.69, 9.17) is 15.2 Å². The fraction of sp³-hybridized carbons (Fsp3) is 0.400. The molecule has 0 saturated heterocycles. The lowest BCUT2D eigenvalue weighted by molar-refractivity contribution is 0.0792. The molecule has 0 spiro atoms. The number of aromatic nitrogens is 4. The number of carbonyl (C=O) groups is 1. The highest BCUT2D eigenvalue weighted by atomic mass is 16.6. The third-order valence-electron chi connectivity index (χ3n) is 5.40. The largest absolute Gasteiger partial charge is 0.474 e. The normalized spacial score (nSPS) is 17.0. The van der Waals surface area contributed by atoms with E-state index in [-0.39, 0.29) is 18.1 Å². The number of nitrogens with two attached hydrogens (primary N) is 1. The number of fused-ring (bicyclic) bond motifs is 2. The highest BCUT2D eigenvalue weighted by molar-refractivity contribution is 5.91. The zero-order valence-electron chi connectivity index (χ0n) is 16.0. The van der Waals surface area contributed by atoms with Gasteiger partial charge < -0.3 is 15.2 Å². The van der Waals surface area contributed by atoms with E-state index >= 15 is 0 Å². The van der Waals surface area contributed by atoms with E-state index < -0.39 is 0 Å². The predicted molar refractivity (Wildman–Crippen MR) is 107 cm³/mol. The van der Waals surface area contributed by atoms with Gasteiger partial charge in [-0.3, -0.25) is 4.90 Å². The summed E-state index contributed by atoms with van der Waals surface area (Å²) in [6, 6.07) is 5.68. The molecule has 150 valence electrons. The zero-order chi connectivity index (χ0) is 19.8. The van der Waals surface area contributed by atoms with Crippen molar-refractivity contribution >= 4 is 23.4 Å². The van der Waals surface area contributed by atoms with Gasteiger partial charge in [-0.25, -0.2) is 14.3 Å². The third kappa shape index (κ3) is 3.43. The van der Waals surface area contributed by atoms with Crippen molar-refractivity contribution in [3.63, 3.8) is 0 Å². The van der Waals surface area contributed by atoms with Gasteiger partial charge in [0.15, 0.2) is 5.65 Å². The van der Waals surface area contributed by atoms with Crippen LogP contribution in [0.15, 0.2) is 30.6 Å². The molecule has 9 nitrogen and oxygen atoms in total. The minimum Gasteiger partial charge on any atom is -0.474 e. The molecule has 0 aromatic carbocycles. The summed E-state index contributed by atoms with van der Waals surface area (Å²) in [6.07, 6.45) is 8.48. The molecule has 3 aromatic rings. The van der Waals surface area contributed by atoms with E-state index in [1.807, 2.05) is 18.2 Å². The summed E-state index contributed by atoms with van der Waals surface area (Å²) in [6.45, 7) is 0.827. The van der Waals surface area contributed by atoms with E-state index in [2.05, 4.69) is 15.1 Å². The van der Waals surface area contributed by atoms with Gasteiger partial charge in [0.25, 0.3) is 0 Å². The van der Waals surface area contributed by atoms with Gasteiger partial charge in [-0.1, -0.05) is 6.42 Å². The number of rotatable bonds is 2. The SMILES string of the molecule is Nc1nc2cc(-c3cnc4c(c3)N(C(=O)OC3CCCCC3)CCO4)ccn2n1. The average molecular weight is 394 g/mol. The van der Waals surface area contributed by atoms with Crippen LogP contribution in [0.5, 0.6) is 5.88 Å². The summed E-state index contributed by atoms with van der Waals surface area (Å²) >= 11 is 0. The smallest absolute Gasteiger partial charge is 0.414 e. The first-order valence-electron chi connectivity index (χ1n) is 9.91. The van der Waals surface area contributed by atoms with Crippen LogP contribution in [0.25, 0.3) is 16.8 Å². The molecular formula is C20H22N6O3. The summed E-state index contributed by atoms with van der Waals surface area (Å²) in [5, 5.41) is 4.09. The number of carbonyl (C=O) groups excluding carboxylic acids is 1. The Hall–Kier alpha value is -3.36. The molecule has 1 aliphatic carbocycles. The number of anilines is 2. The van der Waals surface area contributed by atoms with E-state index in [0.29, 0.717) is 30.4 Å². The van der Waals surface area contributed by atoms with Crippen LogP contribution in [0.1, 0.15) is 32.1 Å². The fourth-order valence-electron chi connectivity index (χ4n) is 3.91. The van der Waals surface area contributed by atoms with E-state index in [0.717, 1.165) is 36.8 Å². The van der Waals surface area contributed by atoms with E-state index in [1.54, 1.807) is 21.8 Å². The number of hydrogen-bond acceptors (Lipinski definition) is 7. The first kappa shape index (κ1) is 17.7. The van der Waals surface area contributed by atoms with Gasteiger partial charge in [0.05, 0.1) is 6.54 Å². The Morgan fingerprint density at radius 1 is 1.21 bits per heavy atom. The van der Waals surface area contributed by atoms with Gasteiger partial charge in [0.1, 0.15) is 18.4 Å². The highest BCUT2D eigenvalue weighted by Crippen LogP contribution is 2.34. The van der Waals surface area contributed by atoms with Crippen molar-refractivity contribution in [2.75, 3.05) is 23.8 Å². The third-order valence-corrected chi connectivity index (χ3v) is 5.40. The molecule has 9 heteroatoms. The topological polar surface area (TPSA) is 108 Å². The molecule has 3 aromatic heterocycles. The maximum Gasteiger partial charge on any atom is 0.414 e. The summed E-state index contributed by atoms with van der Waals surface area (Å²) in [5.74, 6) is 0.657. The molecule has 0 radical (unpaired) electrons. The molecule has 4 heterocycles. The molecule has 1 fully saturated rings. The molecule has 5 rings (SSSR count). The number of ether oxygens (including phenoxy) is 2. The Morgan fingerprint density at radius 2 is 2.07 bits per heavy atom. The Labute approximate surface area is 167 Å². The molecule has 29 heavy (non-hydrogen) atoms. The Bertz CT molecular complexity index is 1060. The Morgan fingerprint density at radius 3 is 2.93 bits per heavy atom. The van der Waals surface area contributed by atoms with E-state index in [1.165, 1.54) is 6.42 Å². The average Bonchev–Trinajstić information content (AvgIpc) is 3.12. The fourth-order valence-corrected chi connectivity index (χ4v) is 3.91. The lowest BCUT2D eigenvalue weighted by atomic mass is 9.98. The molecule has 0 bridgehead atoms. The molecule has 1 aliphatic heterocycles. The molecule has 1 saturated carbocycles. The van der Waals surface area contributed by atoms with Crippen LogP contribution in [-0.4, -0.2) is 44.9 Å². The molecule has 1 amide bonds. The number of hydrogen-bond donors (Lipinski definition) is 1. The molecular weight excluding hydrogens is 372 g/mol. The van der Waals surface area contributed by atoms with Crippen molar-refractivity contribution in [1.29, 1.82) is 0 Å². The standard InChI is InChI=1S/C20H22N6O3/c21-19-23-17-11-13(6-7-26(17)24-19)14-10-16-18(22-12-14)28-9-8-25(16)20(27)29-15-4-2-1-3-5-15/h6-7,10-12,15H,1-5,8-9H2,(H2,21,24). The lowest BCUT2D eigenvalue weighted by Crippen LogP contribution is -2.40. The van der Waals surface area contributed by atoms with Gasteiger partial charge in [-0.15, -0.1) is 5.10 Å². The summed E-state index contributed by atoms with van der Waals surface area (Å²) in [4.78, 5) is 23.1. The molecule has 0 atom stereocenters. The zero-order valence-corrected chi connectivity index (χ0v) is 16.0. The van der Waals surface area contributed by atoms with Crippen molar-refractivity contribution in [2.24, 2.45) is 0 Å². The van der Waals surface area contributed by atoms with Crippen LogP contribution < -0.4 is 15.4 Å². The first-order valence-corrected chi connectivity index (χ1v) is 9.91. The number of amides is 1.